The molecule has 0 aliphatic carbocycles. The molecule has 8 heteroatoms. The van der Waals surface area contributed by atoms with Crippen LogP contribution < -0.4 is 5.32 Å². The van der Waals surface area contributed by atoms with Gasteiger partial charge >= 0.3 is 0 Å². The highest BCUT2D eigenvalue weighted by Crippen LogP contribution is 2.25. The Labute approximate surface area is 164 Å². The summed E-state index contributed by atoms with van der Waals surface area (Å²) in [6.45, 7) is 0. The maximum absolute atomic E-state index is 12.3. The van der Waals surface area contributed by atoms with E-state index in [1.54, 1.807) is 54.6 Å². The third kappa shape index (κ3) is 3.43. The average molecular weight is 393 g/mol. The maximum atomic E-state index is 12.3. The molecule has 0 radical (unpaired) electrons. The van der Waals surface area contributed by atoms with Crippen molar-refractivity contribution in [2.75, 3.05) is 5.32 Å². The number of aromatic nitrogens is 2. The highest BCUT2D eigenvalue weighted by atomic mass is 35.5. The van der Waals surface area contributed by atoms with Crippen molar-refractivity contribution in [1.29, 1.82) is 0 Å². The van der Waals surface area contributed by atoms with E-state index in [2.05, 4.69) is 15.3 Å². The summed E-state index contributed by atoms with van der Waals surface area (Å²) in [7, 11) is 0. The number of rotatable bonds is 4. The van der Waals surface area contributed by atoms with Gasteiger partial charge in [0.25, 0.3) is 11.6 Å². The Kier molecular flexibility index (Phi) is 4.50. The van der Waals surface area contributed by atoms with Crippen molar-refractivity contribution in [2.45, 2.75) is 0 Å². The van der Waals surface area contributed by atoms with E-state index in [0.29, 0.717) is 33.1 Å². The predicted octanol–water partition coefficient (Wildman–Crippen LogP) is 5.04. The van der Waals surface area contributed by atoms with Crippen LogP contribution in [0.25, 0.3) is 22.4 Å². The number of nitrogens with one attached hydrogen (secondary N) is 2. The molecule has 4 rings (SSSR count). The molecule has 1 amide bonds. The molecule has 3 aromatic carbocycles. The fraction of sp³-hybridized carbons (Fsp3) is 0. The van der Waals surface area contributed by atoms with Crippen molar-refractivity contribution in [3.8, 4) is 11.4 Å². The molecule has 0 aliphatic heterocycles. The van der Waals surface area contributed by atoms with Crippen LogP contribution in [0.1, 0.15) is 10.4 Å². The molecule has 0 aliphatic rings. The minimum absolute atomic E-state index is 0.000308. The summed E-state index contributed by atoms with van der Waals surface area (Å²) in [6, 6.07) is 18.4. The van der Waals surface area contributed by atoms with Gasteiger partial charge in [0.2, 0.25) is 0 Å². The molecule has 0 unspecified atom stereocenters. The van der Waals surface area contributed by atoms with E-state index in [1.165, 1.54) is 12.1 Å². The van der Waals surface area contributed by atoms with E-state index < -0.39 is 4.92 Å². The Bertz CT molecular complexity index is 1200. The fourth-order valence-electron chi connectivity index (χ4n) is 2.80. The minimum atomic E-state index is -0.448. The lowest BCUT2D eigenvalue weighted by Crippen LogP contribution is -2.12. The van der Waals surface area contributed by atoms with E-state index in [1.807, 2.05) is 0 Å². The Morgan fingerprint density at radius 1 is 1.07 bits per heavy atom. The van der Waals surface area contributed by atoms with Crippen LogP contribution >= 0.6 is 11.6 Å². The summed E-state index contributed by atoms with van der Waals surface area (Å²) in [5.41, 5.74) is 3.01. The zero-order chi connectivity index (χ0) is 19.7. The second kappa shape index (κ2) is 7.13. The topological polar surface area (TPSA) is 101 Å². The SMILES string of the molecule is O=C(Nc1ccc(-c2nc3ccc([N+](=O)[O-])cc3[nH]2)cc1)c1ccccc1Cl. The third-order valence-electron chi connectivity index (χ3n) is 4.21. The zero-order valence-corrected chi connectivity index (χ0v) is 15.1. The molecule has 28 heavy (non-hydrogen) atoms. The second-order valence-electron chi connectivity index (χ2n) is 6.06. The number of H-pyrrole nitrogens is 1. The number of nitro groups is 1. The first kappa shape index (κ1) is 17.7. The normalized spacial score (nSPS) is 10.8. The van der Waals surface area contributed by atoms with Gasteiger partial charge in [0.05, 0.1) is 26.5 Å². The van der Waals surface area contributed by atoms with Crippen molar-refractivity contribution in [3.63, 3.8) is 0 Å². The van der Waals surface area contributed by atoms with Crippen LogP contribution in [0.5, 0.6) is 0 Å². The molecule has 0 saturated carbocycles. The number of amides is 1. The van der Waals surface area contributed by atoms with Crippen LogP contribution in [-0.2, 0) is 0 Å². The molecule has 4 aromatic rings. The summed E-state index contributed by atoms with van der Waals surface area (Å²) in [5, 5.41) is 14.1. The van der Waals surface area contributed by atoms with Gasteiger partial charge in [0, 0.05) is 23.4 Å². The number of fused-ring (bicyclic) bond motifs is 1. The third-order valence-corrected chi connectivity index (χ3v) is 4.54. The van der Waals surface area contributed by atoms with Crippen molar-refractivity contribution in [1.82, 2.24) is 9.97 Å². The standard InChI is InChI=1S/C20H13ClN4O3/c21-16-4-2-1-3-15(16)20(26)22-13-7-5-12(6-8-13)19-23-17-10-9-14(25(27)28)11-18(17)24-19/h1-11H,(H,22,26)(H,23,24). The first-order chi connectivity index (χ1) is 13.5. The van der Waals surface area contributed by atoms with Crippen LogP contribution in [0.3, 0.4) is 0 Å². The molecule has 7 nitrogen and oxygen atoms in total. The molecule has 0 saturated heterocycles. The minimum Gasteiger partial charge on any atom is -0.338 e. The number of halogens is 1. The van der Waals surface area contributed by atoms with E-state index in [0.717, 1.165) is 5.56 Å². The highest BCUT2D eigenvalue weighted by molar-refractivity contribution is 6.34. The summed E-state index contributed by atoms with van der Waals surface area (Å²) >= 11 is 6.04. The molecule has 1 aromatic heterocycles. The first-order valence-corrected chi connectivity index (χ1v) is 8.69. The van der Waals surface area contributed by atoms with Crippen LogP contribution in [0.15, 0.2) is 66.7 Å². The number of benzene rings is 3. The maximum Gasteiger partial charge on any atom is 0.271 e. The quantitative estimate of drug-likeness (QED) is 0.375. The first-order valence-electron chi connectivity index (χ1n) is 8.32. The number of hydrogen-bond acceptors (Lipinski definition) is 4. The number of anilines is 1. The van der Waals surface area contributed by atoms with Crippen LogP contribution in [0.4, 0.5) is 11.4 Å². The molecule has 0 atom stereocenters. The summed E-state index contributed by atoms with van der Waals surface area (Å²) in [6.07, 6.45) is 0. The van der Waals surface area contributed by atoms with E-state index in [4.69, 9.17) is 11.6 Å². The molecule has 0 bridgehead atoms. The lowest BCUT2D eigenvalue weighted by Gasteiger charge is -2.07. The largest absolute Gasteiger partial charge is 0.338 e. The van der Waals surface area contributed by atoms with Gasteiger partial charge in [-0.2, -0.15) is 0 Å². The van der Waals surface area contributed by atoms with Gasteiger partial charge in [-0.1, -0.05) is 23.7 Å². The number of nitro benzene ring substituents is 1. The Hall–Kier alpha value is -3.71. The number of non-ortho nitro benzene ring substituents is 1. The van der Waals surface area contributed by atoms with Crippen molar-refractivity contribution >= 4 is 39.9 Å². The molecular weight excluding hydrogens is 380 g/mol. The number of imidazole rings is 1. The fourth-order valence-corrected chi connectivity index (χ4v) is 3.02. The molecule has 0 spiro atoms. The Morgan fingerprint density at radius 3 is 2.54 bits per heavy atom. The number of hydrogen-bond donors (Lipinski definition) is 2. The second-order valence-corrected chi connectivity index (χ2v) is 6.46. The number of carbonyl (C=O) groups is 1. The molecule has 1 heterocycles. The molecule has 0 fully saturated rings. The molecule has 2 N–H and O–H groups in total. The van der Waals surface area contributed by atoms with Gasteiger partial charge in [-0.25, -0.2) is 4.98 Å². The molecule has 138 valence electrons. The van der Waals surface area contributed by atoms with Crippen molar-refractivity contribution in [3.05, 3.63) is 87.4 Å². The van der Waals surface area contributed by atoms with Crippen LogP contribution in [-0.4, -0.2) is 20.8 Å². The predicted molar refractivity (Wildman–Crippen MR) is 108 cm³/mol. The molecular formula is C20H13ClN4O3. The van der Waals surface area contributed by atoms with Crippen LogP contribution in [0, 0.1) is 10.1 Å². The summed E-state index contributed by atoms with van der Waals surface area (Å²) in [5.74, 6) is 0.286. The van der Waals surface area contributed by atoms with E-state index in [9.17, 15) is 14.9 Å². The van der Waals surface area contributed by atoms with Crippen molar-refractivity contribution < 1.29 is 9.72 Å². The van der Waals surface area contributed by atoms with Gasteiger partial charge in [0.15, 0.2) is 0 Å². The van der Waals surface area contributed by atoms with Gasteiger partial charge in [-0.05, 0) is 42.5 Å². The number of aromatic amines is 1. The van der Waals surface area contributed by atoms with E-state index >= 15 is 0 Å². The van der Waals surface area contributed by atoms with E-state index in [-0.39, 0.29) is 11.6 Å². The lowest BCUT2D eigenvalue weighted by molar-refractivity contribution is -0.384. The van der Waals surface area contributed by atoms with Gasteiger partial charge in [0.1, 0.15) is 5.82 Å². The zero-order valence-electron chi connectivity index (χ0n) is 14.3. The Morgan fingerprint density at radius 2 is 1.82 bits per heavy atom. The van der Waals surface area contributed by atoms with Crippen LogP contribution in [0.2, 0.25) is 5.02 Å². The number of carbonyl (C=O) groups excluding carboxylic acids is 1. The monoisotopic (exact) mass is 392 g/mol. The average Bonchev–Trinajstić information content (AvgIpc) is 3.12. The van der Waals surface area contributed by atoms with Gasteiger partial charge in [-0.3, -0.25) is 14.9 Å². The van der Waals surface area contributed by atoms with Crippen molar-refractivity contribution in [2.24, 2.45) is 0 Å². The smallest absolute Gasteiger partial charge is 0.271 e. The summed E-state index contributed by atoms with van der Waals surface area (Å²) < 4.78 is 0. The summed E-state index contributed by atoms with van der Waals surface area (Å²) in [4.78, 5) is 30.3. The lowest BCUT2D eigenvalue weighted by atomic mass is 10.1. The number of nitrogens with zero attached hydrogens (tertiary/aromatic N) is 2. The Balaban J connectivity index is 1.56. The van der Waals surface area contributed by atoms with Gasteiger partial charge in [-0.15, -0.1) is 0 Å². The van der Waals surface area contributed by atoms with Gasteiger partial charge < -0.3 is 10.3 Å². The highest BCUT2D eigenvalue weighted by Gasteiger charge is 2.12.